The second kappa shape index (κ2) is 11.0. The molecule has 0 bridgehead atoms. The van der Waals surface area contributed by atoms with Gasteiger partial charge < -0.3 is 19.1 Å². The van der Waals surface area contributed by atoms with Crippen molar-refractivity contribution in [3.63, 3.8) is 0 Å². The van der Waals surface area contributed by atoms with Gasteiger partial charge in [0.05, 0.1) is 25.1 Å². The predicted molar refractivity (Wildman–Crippen MR) is 93.3 cm³/mol. The van der Waals surface area contributed by atoms with Crippen molar-refractivity contribution in [2.45, 2.75) is 19.8 Å². The lowest BCUT2D eigenvalue weighted by Crippen LogP contribution is -2.34. The Kier molecular flexibility index (Phi) is 9.07. The first-order chi connectivity index (χ1) is 12.4. The number of hydrogen-bond acceptors (Lipinski definition) is 7. The number of methoxy groups -OCH3 is 2. The summed E-state index contributed by atoms with van der Waals surface area (Å²) in [6.07, 6.45) is 0.619. The van der Waals surface area contributed by atoms with Crippen LogP contribution in [0, 0.1) is 10.1 Å². The Labute approximate surface area is 152 Å². The molecule has 0 saturated heterocycles. The maximum atomic E-state index is 12.8. The Balaban J connectivity index is 2.96. The fourth-order valence-corrected chi connectivity index (χ4v) is 2.32. The topological polar surface area (TPSA) is 108 Å². The van der Waals surface area contributed by atoms with Crippen LogP contribution < -0.4 is 4.74 Å². The Morgan fingerprint density at radius 3 is 2.54 bits per heavy atom. The van der Waals surface area contributed by atoms with Gasteiger partial charge in [0.25, 0.3) is 5.91 Å². The molecule has 0 aliphatic rings. The molecule has 0 aliphatic heterocycles. The van der Waals surface area contributed by atoms with Crippen LogP contribution >= 0.6 is 0 Å². The molecule has 0 saturated carbocycles. The van der Waals surface area contributed by atoms with Gasteiger partial charge in [0, 0.05) is 38.4 Å². The van der Waals surface area contributed by atoms with E-state index in [0.717, 1.165) is 0 Å². The number of amides is 1. The third kappa shape index (κ3) is 6.32. The molecule has 26 heavy (non-hydrogen) atoms. The van der Waals surface area contributed by atoms with Gasteiger partial charge in [0.2, 0.25) is 0 Å². The average Bonchev–Trinajstić information content (AvgIpc) is 2.63. The first-order valence-electron chi connectivity index (χ1n) is 8.20. The minimum atomic E-state index is -0.608. The number of carbonyl (C=O) groups is 2. The Morgan fingerprint density at radius 1 is 1.23 bits per heavy atom. The summed E-state index contributed by atoms with van der Waals surface area (Å²) >= 11 is 0. The number of carbonyl (C=O) groups excluding carboxylic acids is 2. The molecule has 0 radical (unpaired) electrons. The maximum absolute atomic E-state index is 12.8. The summed E-state index contributed by atoms with van der Waals surface area (Å²) in [4.78, 5) is 36.3. The Bertz CT molecular complexity index is 634. The van der Waals surface area contributed by atoms with E-state index in [0.29, 0.717) is 19.6 Å². The van der Waals surface area contributed by atoms with E-state index in [4.69, 9.17) is 14.2 Å². The summed E-state index contributed by atoms with van der Waals surface area (Å²) < 4.78 is 14.8. The molecular weight excluding hydrogens is 344 g/mol. The van der Waals surface area contributed by atoms with Crippen LogP contribution in [0.3, 0.4) is 0 Å². The van der Waals surface area contributed by atoms with Crippen molar-refractivity contribution in [3.8, 4) is 5.75 Å². The lowest BCUT2D eigenvalue weighted by molar-refractivity contribution is -0.385. The fraction of sp³-hybridized carbons (Fsp3) is 0.529. The van der Waals surface area contributed by atoms with Crippen LogP contribution in [0.25, 0.3) is 0 Å². The van der Waals surface area contributed by atoms with Crippen molar-refractivity contribution in [1.82, 2.24) is 4.90 Å². The zero-order valence-electron chi connectivity index (χ0n) is 15.2. The normalized spacial score (nSPS) is 10.3. The van der Waals surface area contributed by atoms with E-state index in [1.165, 1.54) is 30.2 Å². The summed E-state index contributed by atoms with van der Waals surface area (Å²) in [6.45, 7) is 2.93. The molecule has 1 aromatic rings. The summed E-state index contributed by atoms with van der Waals surface area (Å²) in [7, 11) is 2.87. The van der Waals surface area contributed by atoms with Gasteiger partial charge in [0.1, 0.15) is 0 Å². The number of rotatable bonds is 11. The molecule has 0 aliphatic carbocycles. The lowest BCUT2D eigenvalue weighted by Gasteiger charge is -2.22. The molecule has 0 heterocycles. The number of nitrogens with zero attached hydrogens (tertiary/aromatic N) is 2. The molecule has 0 spiro atoms. The van der Waals surface area contributed by atoms with Crippen molar-refractivity contribution >= 4 is 17.6 Å². The zero-order valence-corrected chi connectivity index (χ0v) is 15.2. The van der Waals surface area contributed by atoms with Crippen molar-refractivity contribution in [3.05, 3.63) is 33.9 Å². The summed E-state index contributed by atoms with van der Waals surface area (Å²) in [5.41, 5.74) is -0.139. The van der Waals surface area contributed by atoms with Crippen molar-refractivity contribution < 1.29 is 28.7 Å². The second-order valence-corrected chi connectivity index (χ2v) is 5.34. The molecule has 0 N–H and O–H groups in total. The molecule has 1 amide bonds. The molecule has 1 aromatic carbocycles. The van der Waals surface area contributed by atoms with Crippen molar-refractivity contribution in [2.75, 3.05) is 40.5 Å². The van der Waals surface area contributed by atoms with Crippen LogP contribution in [0.4, 0.5) is 5.69 Å². The van der Waals surface area contributed by atoms with E-state index in [9.17, 15) is 19.7 Å². The smallest absolute Gasteiger partial charge is 0.311 e. The van der Waals surface area contributed by atoms with Crippen LogP contribution in [0.1, 0.15) is 30.1 Å². The van der Waals surface area contributed by atoms with E-state index < -0.39 is 16.8 Å². The molecule has 144 valence electrons. The van der Waals surface area contributed by atoms with Crippen LogP contribution in [0.5, 0.6) is 5.75 Å². The molecule has 0 atom stereocenters. The van der Waals surface area contributed by atoms with Gasteiger partial charge in [-0.25, -0.2) is 0 Å². The van der Waals surface area contributed by atoms with Gasteiger partial charge in [-0.05, 0) is 25.5 Å². The first kappa shape index (κ1) is 21.4. The quantitative estimate of drug-likeness (QED) is 0.254. The lowest BCUT2D eigenvalue weighted by atomic mass is 10.1. The van der Waals surface area contributed by atoms with E-state index in [1.54, 1.807) is 14.0 Å². The molecule has 0 unspecified atom stereocenters. The van der Waals surface area contributed by atoms with Gasteiger partial charge in [-0.15, -0.1) is 0 Å². The van der Waals surface area contributed by atoms with Gasteiger partial charge in [-0.1, -0.05) is 0 Å². The van der Waals surface area contributed by atoms with Crippen LogP contribution in [0.15, 0.2) is 18.2 Å². The fourth-order valence-electron chi connectivity index (χ4n) is 2.32. The average molecular weight is 368 g/mol. The van der Waals surface area contributed by atoms with Crippen LogP contribution in [-0.2, 0) is 14.3 Å². The van der Waals surface area contributed by atoms with E-state index in [2.05, 4.69) is 0 Å². The molecular formula is C17H24N2O7. The number of nitro groups is 1. The van der Waals surface area contributed by atoms with Gasteiger partial charge >= 0.3 is 11.7 Å². The number of esters is 1. The first-order valence-corrected chi connectivity index (χ1v) is 8.20. The molecule has 0 fully saturated rings. The third-order valence-corrected chi connectivity index (χ3v) is 3.58. The van der Waals surface area contributed by atoms with Gasteiger partial charge in [-0.2, -0.15) is 0 Å². The molecule has 9 nitrogen and oxygen atoms in total. The second-order valence-electron chi connectivity index (χ2n) is 5.34. The van der Waals surface area contributed by atoms with Crippen molar-refractivity contribution in [2.24, 2.45) is 0 Å². The molecule has 1 rings (SSSR count). The number of hydrogen-bond donors (Lipinski definition) is 0. The van der Waals surface area contributed by atoms with Crippen LogP contribution in [-0.4, -0.2) is 62.2 Å². The highest BCUT2D eigenvalue weighted by Crippen LogP contribution is 2.28. The number of benzene rings is 1. The predicted octanol–water partition coefficient (Wildman–Crippen LogP) is 2.04. The van der Waals surface area contributed by atoms with E-state index in [-0.39, 0.29) is 36.6 Å². The summed E-state index contributed by atoms with van der Waals surface area (Å²) in [6, 6.07) is 4.01. The SMILES string of the molecule is CCOC(=O)CCN(CCCOC)C(=O)c1ccc(OC)c([N+](=O)[O-])c1. The minimum Gasteiger partial charge on any atom is -0.490 e. The largest absolute Gasteiger partial charge is 0.490 e. The molecule has 9 heteroatoms. The highest BCUT2D eigenvalue weighted by Gasteiger charge is 2.22. The number of ether oxygens (including phenoxy) is 3. The Morgan fingerprint density at radius 2 is 1.96 bits per heavy atom. The van der Waals surface area contributed by atoms with Crippen molar-refractivity contribution in [1.29, 1.82) is 0 Å². The minimum absolute atomic E-state index is 0.0464. The molecule has 0 aromatic heterocycles. The third-order valence-electron chi connectivity index (χ3n) is 3.58. The highest BCUT2D eigenvalue weighted by molar-refractivity contribution is 5.95. The van der Waals surface area contributed by atoms with Gasteiger partial charge in [-0.3, -0.25) is 19.7 Å². The highest BCUT2D eigenvalue weighted by atomic mass is 16.6. The Hall–Kier alpha value is -2.68. The van der Waals surface area contributed by atoms with Crippen LogP contribution in [0.2, 0.25) is 0 Å². The summed E-state index contributed by atoms with van der Waals surface area (Å²) in [5.74, 6) is -0.738. The maximum Gasteiger partial charge on any atom is 0.311 e. The van der Waals surface area contributed by atoms with E-state index >= 15 is 0 Å². The number of nitro benzene ring substituents is 1. The van der Waals surface area contributed by atoms with E-state index in [1.807, 2.05) is 0 Å². The standard InChI is InChI=1S/C17H24N2O7/c1-4-26-16(20)8-10-18(9-5-11-24-2)17(21)13-6-7-15(25-3)14(12-13)19(22)23/h6-7,12H,4-5,8-11H2,1-3H3. The summed E-state index contributed by atoms with van der Waals surface area (Å²) in [5, 5.41) is 11.1. The van der Waals surface area contributed by atoms with Gasteiger partial charge in [0.15, 0.2) is 5.75 Å². The monoisotopic (exact) mass is 368 g/mol. The zero-order chi connectivity index (χ0) is 19.5.